The summed E-state index contributed by atoms with van der Waals surface area (Å²) in [5.74, 6) is 0.0335. The molecule has 1 saturated heterocycles. The Kier molecular flexibility index (Phi) is 7.46. The zero-order valence-electron chi connectivity index (χ0n) is 16.3. The van der Waals surface area contributed by atoms with Crippen molar-refractivity contribution in [3.8, 4) is 0 Å². The fourth-order valence-corrected chi connectivity index (χ4v) is 3.56. The standard InChI is InChI=1S/C22H27N3O3/c1-16-20(15-26-13-18-9-5-3-6-10-18)28-17(2)21(24-25-23)22(16)27-14-19-11-7-4-8-12-19/h3-12,16-17,20-22H,13-15H2,1-2H3/t16-,17+,20?,21?,22-/m1/s1. The normalized spacial score (nSPS) is 27.1. The predicted molar refractivity (Wildman–Crippen MR) is 108 cm³/mol. The van der Waals surface area contributed by atoms with Crippen molar-refractivity contribution in [1.82, 2.24) is 0 Å². The first-order valence-corrected chi connectivity index (χ1v) is 9.66. The molecule has 5 atom stereocenters. The first-order chi connectivity index (χ1) is 13.7. The number of rotatable bonds is 8. The van der Waals surface area contributed by atoms with Crippen LogP contribution in [0, 0.1) is 5.92 Å². The van der Waals surface area contributed by atoms with Crippen LogP contribution in [0.2, 0.25) is 0 Å². The maximum Gasteiger partial charge on any atom is 0.0899 e. The molecule has 2 unspecified atom stereocenters. The molecule has 3 rings (SSSR count). The molecule has 1 aliphatic rings. The van der Waals surface area contributed by atoms with Crippen molar-refractivity contribution in [3.05, 3.63) is 82.2 Å². The molecule has 1 fully saturated rings. The average molecular weight is 381 g/mol. The lowest BCUT2D eigenvalue weighted by molar-refractivity contribution is -0.175. The Hall–Kier alpha value is -2.37. The Morgan fingerprint density at radius 1 is 0.964 bits per heavy atom. The van der Waals surface area contributed by atoms with E-state index >= 15 is 0 Å². The summed E-state index contributed by atoms with van der Waals surface area (Å²) < 4.78 is 18.2. The summed E-state index contributed by atoms with van der Waals surface area (Å²) in [5, 5.41) is 3.96. The minimum absolute atomic E-state index is 0.0335. The highest BCUT2D eigenvalue weighted by atomic mass is 16.5. The molecule has 1 heterocycles. The van der Waals surface area contributed by atoms with Crippen molar-refractivity contribution in [2.24, 2.45) is 11.0 Å². The Morgan fingerprint density at radius 3 is 2.18 bits per heavy atom. The van der Waals surface area contributed by atoms with E-state index in [-0.39, 0.29) is 30.3 Å². The van der Waals surface area contributed by atoms with Crippen molar-refractivity contribution in [1.29, 1.82) is 0 Å². The molecule has 2 aromatic rings. The van der Waals surface area contributed by atoms with Crippen molar-refractivity contribution < 1.29 is 14.2 Å². The van der Waals surface area contributed by atoms with Gasteiger partial charge >= 0.3 is 0 Å². The summed E-state index contributed by atoms with van der Waals surface area (Å²) >= 11 is 0. The molecule has 0 amide bonds. The third kappa shape index (κ3) is 5.33. The topological polar surface area (TPSA) is 76.5 Å². The molecule has 0 spiro atoms. The second-order valence-corrected chi connectivity index (χ2v) is 7.20. The summed E-state index contributed by atoms with van der Waals surface area (Å²) in [6, 6.07) is 19.7. The molecule has 28 heavy (non-hydrogen) atoms. The van der Waals surface area contributed by atoms with E-state index in [4.69, 9.17) is 19.7 Å². The summed E-state index contributed by atoms with van der Waals surface area (Å²) in [6.07, 6.45) is -0.590. The predicted octanol–water partition coefficient (Wildman–Crippen LogP) is 4.89. The van der Waals surface area contributed by atoms with Gasteiger partial charge in [-0.2, -0.15) is 0 Å². The van der Waals surface area contributed by atoms with Gasteiger partial charge < -0.3 is 14.2 Å². The molecule has 6 nitrogen and oxygen atoms in total. The summed E-state index contributed by atoms with van der Waals surface area (Å²) in [7, 11) is 0. The van der Waals surface area contributed by atoms with Crippen LogP contribution < -0.4 is 0 Å². The lowest BCUT2D eigenvalue weighted by atomic mass is 9.87. The van der Waals surface area contributed by atoms with E-state index in [0.717, 1.165) is 11.1 Å². The summed E-state index contributed by atoms with van der Waals surface area (Å²) in [4.78, 5) is 3.01. The van der Waals surface area contributed by atoms with Gasteiger partial charge in [-0.15, -0.1) is 0 Å². The van der Waals surface area contributed by atoms with Crippen LogP contribution in [0.1, 0.15) is 25.0 Å². The smallest absolute Gasteiger partial charge is 0.0899 e. The van der Waals surface area contributed by atoms with Gasteiger partial charge in [0.25, 0.3) is 0 Å². The van der Waals surface area contributed by atoms with Gasteiger partial charge in [-0.1, -0.05) is 72.7 Å². The van der Waals surface area contributed by atoms with Crippen molar-refractivity contribution >= 4 is 0 Å². The number of azide groups is 1. The van der Waals surface area contributed by atoms with Gasteiger partial charge in [-0.3, -0.25) is 0 Å². The zero-order chi connectivity index (χ0) is 19.8. The highest BCUT2D eigenvalue weighted by Crippen LogP contribution is 2.31. The van der Waals surface area contributed by atoms with Gasteiger partial charge in [0.1, 0.15) is 0 Å². The van der Waals surface area contributed by atoms with Crippen LogP contribution in [0.4, 0.5) is 0 Å². The van der Waals surface area contributed by atoms with Gasteiger partial charge in [0.2, 0.25) is 0 Å². The highest BCUT2D eigenvalue weighted by Gasteiger charge is 2.42. The second-order valence-electron chi connectivity index (χ2n) is 7.20. The van der Waals surface area contributed by atoms with E-state index in [2.05, 4.69) is 16.9 Å². The SMILES string of the molecule is C[C@@H]1OC(COCc2ccccc2)[C@@H](C)[C@@H](OCc2ccccc2)C1N=[N+]=[N-]. The Morgan fingerprint density at radius 2 is 1.57 bits per heavy atom. The Balaban J connectivity index is 1.63. The van der Waals surface area contributed by atoms with Crippen molar-refractivity contribution in [3.63, 3.8) is 0 Å². The lowest BCUT2D eigenvalue weighted by Crippen LogP contribution is -2.53. The third-order valence-electron chi connectivity index (χ3n) is 5.18. The zero-order valence-corrected chi connectivity index (χ0v) is 16.3. The molecule has 6 heteroatoms. The molecular weight excluding hydrogens is 354 g/mol. The van der Waals surface area contributed by atoms with Gasteiger partial charge in [-0.05, 0) is 23.6 Å². The van der Waals surface area contributed by atoms with Gasteiger partial charge in [0, 0.05) is 10.8 Å². The fraction of sp³-hybridized carbons (Fsp3) is 0.455. The van der Waals surface area contributed by atoms with Crippen molar-refractivity contribution in [2.75, 3.05) is 6.61 Å². The molecule has 0 N–H and O–H groups in total. The Labute approximate surface area is 166 Å². The Bertz CT molecular complexity index is 765. The third-order valence-corrected chi connectivity index (χ3v) is 5.18. The first kappa shape index (κ1) is 20.4. The summed E-state index contributed by atoms with van der Waals surface area (Å²) in [6.45, 7) is 5.47. The fourth-order valence-electron chi connectivity index (χ4n) is 3.56. The van der Waals surface area contributed by atoms with Crippen LogP contribution in [0.5, 0.6) is 0 Å². The highest BCUT2D eigenvalue weighted by molar-refractivity contribution is 5.14. The van der Waals surface area contributed by atoms with E-state index < -0.39 is 0 Å². The second kappa shape index (κ2) is 10.2. The van der Waals surface area contributed by atoms with E-state index in [1.807, 2.05) is 67.6 Å². The molecule has 0 saturated carbocycles. The molecule has 0 aromatic heterocycles. The quantitative estimate of drug-likeness (QED) is 0.371. The molecule has 1 aliphatic heterocycles. The number of benzene rings is 2. The maximum atomic E-state index is 8.98. The largest absolute Gasteiger partial charge is 0.374 e. The van der Waals surface area contributed by atoms with E-state index in [9.17, 15) is 0 Å². The van der Waals surface area contributed by atoms with Crippen LogP contribution in [0.3, 0.4) is 0 Å². The van der Waals surface area contributed by atoms with Gasteiger partial charge in [0.05, 0.1) is 44.2 Å². The van der Waals surface area contributed by atoms with Crippen LogP contribution >= 0.6 is 0 Å². The first-order valence-electron chi connectivity index (χ1n) is 9.66. The van der Waals surface area contributed by atoms with Gasteiger partial charge in [0.15, 0.2) is 0 Å². The average Bonchev–Trinajstić information content (AvgIpc) is 2.73. The van der Waals surface area contributed by atoms with Crippen LogP contribution in [-0.2, 0) is 27.4 Å². The lowest BCUT2D eigenvalue weighted by Gasteiger charge is -2.43. The molecular formula is C22H27N3O3. The number of hydrogen-bond acceptors (Lipinski definition) is 4. The molecule has 0 bridgehead atoms. The minimum Gasteiger partial charge on any atom is -0.374 e. The maximum absolute atomic E-state index is 8.98. The van der Waals surface area contributed by atoms with E-state index in [1.54, 1.807) is 0 Å². The van der Waals surface area contributed by atoms with Crippen molar-refractivity contribution in [2.45, 2.75) is 51.4 Å². The molecule has 0 radical (unpaired) electrons. The molecule has 2 aromatic carbocycles. The van der Waals surface area contributed by atoms with Gasteiger partial charge in [-0.25, -0.2) is 0 Å². The van der Waals surface area contributed by atoms with E-state index in [1.165, 1.54) is 0 Å². The van der Waals surface area contributed by atoms with E-state index in [0.29, 0.717) is 19.8 Å². The number of ether oxygens (including phenoxy) is 3. The number of hydrogen-bond donors (Lipinski definition) is 0. The summed E-state index contributed by atoms with van der Waals surface area (Å²) in [5.41, 5.74) is 11.2. The number of nitrogens with zero attached hydrogens (tertiary/aromatic N) is 3. The monoisotopic (exact) mass is 381 g/mol. The minimum atomic E-state index is -0.367. The van der Waals surface area contributed by atoms with Crippen LogP contribution in [-0.4, -0.2) is 31.0 Å². The molecule has 148 valence electrons. The van der Waals surface area contributed by atoms with Crippen LogP contribution in [0.25, 0.3) is 10.4 Å². The molecule has 0 aliphatic carbocycles. The van der Waals surface area contributed by atoms with Crippen LogP contribution in [0.15, 0.2) is 65.8 Å².